The Hall–Kier alpha value is -1.62. The first kappa shape index (κ1) is 10.9. The van der Waals surface area contributed by atoms with Gasteiger partial charge in [0.05, 0.1) is 5.56 Å². The number of aromatic nitrogens is 3. The van der Waals surface area contributed by atoms with Crippen molar-refractivity contribution < 1.29 is 4.79 Å². The summed E-state index contributed by atoms with van der Waals surface area (Å²) < 4.78 is 1.56. The first-order chi connectivity index (χ1) is 7.65. The summed E-state index contributed by atoms with van der Waals surface area (Å²) in [4.78, 5) is 15.6. The SMILES string of the molecule is CCNC(=O)c1cn2ncnc(Cl)c2c1C. The predicted octanol–water partition coefficient (Wildman–Crippen LogP) is 1.44. The predicted molar refractivity (Wildman–Crippen MR) is 60.7 cm³/mol. The highest BCUT2D eigenvalue weighted by atomic mass is 35.5. The first-order valence-corrected chi connectivity index (χ1v) is 5.29. The second-order valence-electron chi connectivity index (χ2n) is 3.37. The molecule has 0 saturated carbocycles. The van der Waals surface area contributed by atoms with Gasteiger partial charge in [0, 0.05) is 12.7 Å². The second-order valence-corrected chi connectivity index (χ2v) is 3.73. The van der Waals surface area contributed by atoms with Crippen LogP contribution in [0.25, 0.3) is 5.52 Å². The van der Waals surface area contributed by atoms with Gasteiger partial charge in [-0.05, 0) is 19.4 Å². The zero-order valence-corrected chi connectivity index (χ0v) is 9.75. The van der Waals surface area contributed by atoms with Gasteiger partial charge >= 0.3 is 0 Å². The molecule has 0 aromatic carbocycles. The first-order valence-electron chi connectivity index (χ1n) is 4.91. The molecule has 2 aromatic rings. The van der Waals surface area contributed by atoms with Gasteiger partial charge in [-0.3, -0.25) is 4.79 Å². The third-order valence-electron chi connectivity index (χ3n) is 2.36. The van der Waals surface area contributed by atoms with E-state index in [0.717, 1.165) is 5.56 Å². The van der Waals surface area contributed by atoms with Gasteiger partial charge in [-0.15, -0.1) is 0 Å². The zero-order valence-electron chi connectivity index (χ0n) is 8.99. The van der Waals surface area contributed by atoms with Gasteiger partial charge in [-0.1, -0.05) is 11.6 Å². The molecule has 0 saturated heterocycles. The molecule has 5 nitrogen and oxygen atoms in total. The maximum atomic E-state index is 11.7. The van der Waals surface area contributed by atoms with Crippen molar-refractivity contribution in [2.75, 3.05) is 6.54 Å². The van der Waals surface area contributed by atoms with E-state index in [4.69, 9.17) is 11.6 Å². The minimum Gasteiger partial charge on any atom is -0.352 e. The molecule has 0 unspecified atom stereocenters. The number of rotatable bonds is 2. The number of aryl methyl sites for hydroxylation is 1. The van der Waals surface area contributed by atoms with Crippen LogP contribution in [0.5, 0.6) is 0 Å². The van der Waals surface area contributed by atoms with E-state index in [1.165, 1.54) is 6.33 Å². The molecular formula is C10H11ClN4O. The molecule has 2 rings (SSSR count). The number of carbonyl (C=O) groups excluding carboxylic acids is 1. The molecule has 0 aliphatic rings. The summed E-state index contributed by atoms with van der Waals surface area (Å²) >= 11 is 5.95. The molecule has 0 spiro atoms. The average Bonchev–Trinajstić information content (AvgIpc) is 2.58. The summed E-state index contributed by atoms with van der Waals surface area (Å²) in [6.07, 6.45) is 3.01. The van der Waals surface area contributed by atoms with Crippen LogP contribution in [0.15, 0.2) is 12.5 Å². The second kappa shape index (κ2) is 4.09. The van der Waals surface area contributed by atoms with Crippen LogP contribution in [0.2, 0.25) is 5.15 Å². The van der Waals surface area contributed by atoms with Crippen molar-refractivity contribution in [3.63, 3.8) is 0 Å². The molecule has 2 heterocycles. The van der Waals surface area contributed by atoms with Crippen molar-refractivity contribution in [1.82, 2.24) is 19.9 Å². The molecule has 16 heavy (non-hydrogen) atoms. The minimum atomic E-state index is -0.124. The molecule has 2 aromatic heterocycles. The Labute approximate surface area is 97.4 Å². The zero-order chi connectivity index (χ0) is 11.7. The number of hydrogen-bond donors (Lipinski definition) is 1. The van der Waals surface area contributed by atoms with Crippen LogP contribution in [0, 0.1) is 6.92 Å². The molecule has 0 aliphatic heterocycles. The summed E-state index contributed by atoms with van der Waals surface area (Å²) in [6.45, 7) is 4.29. The maximum absolute atomic E-state index is 11.7. The van der Waals surface area contributed by atoms with Crippen molar-refractivity contribution in [3.05, 3.63) is 28.8 Å². The van der Waals surface area contributed by atoms with Gasteiger partial charge in [0.25, 0.3) is 5.91 Å². The highest BCUT2D eigenvalue weighted by molar-refractivity contribution is 6.32. The van der Waals surface area contributed by atoms with Crippen molar-refractivity contribution in [2.45, 2.75) is 13.8 Å². The Morgan fingerprint density at radius 3 is 3.00 bits per heavy atom. The highest BCUT2D eigenvalue weighted by Gasteiger charge is 2.16. The highest BCUT2D eigenvalue weighted by Crippen LogP contribution is 2.21. The minimum absolute atomic E-state index is 0.124. The van der Waals surface area contributed by atoms with Crippen LogP contribution in [0.3, 0.4) is 0 Å². The standard InChI is InChI=1S/C10H11ClN4O/c1-3-12-10(16)7-4-15-8(6(7)2)9(11)13-5-14-15/h4-5H,3H2,1-2H3,(H,12,16). The fourth-order valence-electron chi connectivity index (χ4n) is 1.60. The normalized spacial score (nSPS) is 10.7. The van der Waals surface area contributed by atoms with Gasteiger partial charge in [-0.25, -0.2) is 9.50 Å². The third kappa shape index (κ3) is 1.63. The number of nitrogens with one attached hydrogen (secondary N) is 1. The van der Waals surface area contributed by atoms with Crippen LogP contribution in [-0.4, -0.2) is 27.0 Å². The lowest BCUT2D eigenvalue weighted by Gasteiger charge is -1.99. The molecule has 0 bridgehead atoms. The summed E-state index contributed by atoms with van der Waals surface area (Å²) in [5.74, 6) is -0.124. The Bertz CT molecular complexity index is 549. The van der Waals surface area contributed by atoms with Gasteiger partial charge in [0.1, 0.15) is 11.8 Å². The van der Waals surface area contributed by atoms with Crippen LogP contribution in [0.4, 0.5) is 0 Å². The maximum Gasteiger partial charge on any atom is 0.253 e. The van der Waals surface area contributed by atoms with Crippen LogP contribution >= 0.6 is 11.6 Å². The van der Waals surface area contributed by atoms with E-state index in [0.29, 0.717) is 22.8 Å². The molecule has 84 valence electrons. The lowest BCUT2D eigenvalue weighted by molar-refractivity contribution is 0.0955. The smallest absolute Gasteiger partial charge is 0.253 e. The van der Waals surface area contributed by atoms with Crippen molar-refractivity contribution in [3.8, 4) is 0 Å². The molecule has 0 fully saturated rings. The number of hydrogen-bond acceptors (Lipinski definition) is 3. The molecular weight excluding hydrogens is 228 g/mol. The Kier molecular flexibility index (Phi) is 2.78. The van der Waals surface area contributed by atoms with E-state index in [1.807, 2.05) is 13.8 Å². The summed E-state index contributed by atoms with van der Waals surface area (Å²) in [5, 5.41) is 7.10. The number of nitrogens with zero attached hydrogens (tertiary/aromatic N) is 3. The Morgan fingerprint density at radius 1 is 1.62 bits per heavy atom. The topological polar surface area (TPSA) is 59.3 Å². The fraction of sp³-hybridized carbons (Fsp3) is 0.300. The van der Waals surface area contributed by atoms with Crippen molar-refractivity contribution >= 4 is 23.0 Å². The van der Waals surface area contributed by atoms with E-state index in [-0.39, 0.29) is 5.91 Å². The van der Waals surface area contributed by atoms with E-state index >= 15 is 0 Å². The van der Waals surface area contributed by atoms with Crippen LogP contribution < -0.4 is 5.32 Å². The Morgan fingerprint density at radius 2 is 2.38 bits per heavy atom. The molecule has 0 radical (unpaired) electrons. The van der Waals surface area contributed by atoms with Crippen molar-refractivity contribution in [2.24, 2.45) is 0 Å². The Balaban J connectivity index is 2.61. The summed E-state index contributed by atoms with van der Waals surface area (Å²) in [5.41, 5.74) is 2.03. The van der Waals surface area contributed by atoms with Crippen LogP contribution in [-0.2, 0) is 0 Å². The lowest BCUT2D eigenvalue weighted by atomic mass is 10.2. The molecule has 1 N–H and O–H groups in total. The van der Waals surface area contributed by atoms with E-state index in [9.17, 15) is 4.79 Å². The number of amides is 1. The molecule has 6 heteroatoms. The quantitative estimate of drug-likeness (QED) is 0.861. The lowest BCUT2D eigenvalue weighted by Crippen LogP contribution is -2.22. The largest absolute Gasteiger partial charge is 0.352 e. The van der Waals surface area contributed by atoms with E-state index in [2.05, 4.69) is 15.4 Å². The average molecular weight is 239 g/mol. The van der Waals surface area contributed by atoms with E-state index < -0.39 is 0 Å². The van der Waals surface area contributed by atoms with Gasteiger partial charge < -0.3 is 5.32 Å². The van der Waals surface area contributed by atoms with Crippen LogP contribution in [0.1, 0.15) is 22.8 Å². The van der Waals surface area contributed by atoms with Gasteiger partial charge in [-0.2, -0.15) is 5.10 Å². The summed E-state index contributed by atoms with van der Waals surface area (Å²) in [6, 6.07) is 0. The summed E-state index contributed by atoms with van der Waals surface area (Å²) in [7, 11) is 0. The molecule has 1 amide bonds. The van der Waals surface area contributed by atoms with Crippen molar-refractivity contribution in [1.29, 1.82) is 0 Å². The number of halogens is 1. The molecule has 0 atom stereocenters. The monoisotopic (exact) mass is 238 g/mol. The fourth-order valence-corrected chi connectivity index (χ4v) is 1.87. The van der Waals surface area contributed by atoms with Gasteiger partial charge in [0.2, 0.25) is 0 Å². The third-order valence-corrected chi connectivity index (χ3v) is 2.64. The molecule has 0 aliphatic carbocycles. The number of fused-ring (bicyclic) bond motifs is 1. The number of carbonyl (C=O) groups is 1. The van der Waals surface area contributed by atoms with Gasteiger partial charge in [0.15, 0.2) is 5.15 Å². The van der Waals surface area contributed by atoms with E-state index in [1.54, 1.807) is 10.7 Å².